The van der Waals surface area contributed by atoms with Crippen LogP contribution in [0.15, 0.2) is 16.6 Å². The van der Waals surface area contributed by atoms with Crippen molar-refractivity contribution in [3.8, 4) is 6.07 Å². The van der Waals surface area contributed by atoms with E-state index in [0.717, 1.165) is 13.6 Å². The number of carbonyl (C=O) groups is 1. The van der Waals surface area contributed by atoms with Crippen LogP contribution in [0.1, 0.15) is 18.1 Å². The molecule has 16 heavy (non-hydrogen) atoms. The maximum absolute atomic E-state index is 11.3. The van der Waals surface area contributed by atoms with Crippen molar-refractivity contribution in [1.82, 2.24) is 0 Å². The molecule has 0 amide bonds. The Bertz CT molecular complexity index is 454. The van der Waals surface area contributed by atoms with Crippen LogP contribution in [0, 0.1) is 14.9 Å². The Balaban J connectivity index is 2.97. The van der Waals surface area contributed by atoms with Gasteiger partial charge in [-0.05, 0) is 47.2 Å². The zero-order chi connectivity index (χ0) is 12.1. The third-order valence-corrected chi connectivity index (χ3v) is 3.53. The summed E-state index contributed by atoms with van der Waals surface area (Å²) in [6, 6.07) is 5.63. The molecule has 1 aromatic rings. The lowest BCUT2D eigenvalue weighted by atomic mass is 10.1. The van der Waals surface area contributed by atoms with Gasteiger partial charge in [-0.15, -0.1) is 0 Å². The molecule has 0 radical (unpaired) electrons. The van der Waals surface area contributed by atoms with E-state index in [1.807, 2.05) is 6.07 Å². The Kier molecular flexibility index (Phi) is 5.22. The normalized spacial score (nSPS) is 9.62. The molecule has 0 aliphatic heterocycles. The molecule has 0 aromatic heterocycles. The summed E-state index contributed by atoms with van der Waals surface area (Å²) in [6.07, 6.45) is 0.181. The van der Waals surface area contributed by atoms with Crippen LogP contribution in [0.5, 0.6) is 0 Å². The third-order valence-electron chi connectivity index (χ3n) is 1.90. The standard InChI is InChI=1S/C11H9BrINO2/c1-2-16-11(15)4-7-3-8(6-14)10(13)5-9(7)12/h3,5H,2,4H2,1H3. The topological polar surface area (TPSA) is 50.1 Å². The van der Waals surface area contributed by atoms with Crippen LogP contribution in [0.2, 0.25) is 0 Å². The number of hydrogen-bond acceptors (Lipinski definition) is 3. The average molecular weight is 394 g/mol. The lowest BCUT2D eigenvalue weighted by Gasteiger charge is -2.06. The van der Waals surface area contributed by atoms with Crippen LogP contribution in [0.4, 0.5) is 0 Å². The summed E-state index contributed by atoms with van der Waals surface area (Å²) in [7, 11) is 0. The Labute approximate surface area is 116 Å². The summed E-state index contributed by atoms with van der Waals surface area (Å²) in [5, 5.41) is 8.88. The zero-order valence-corrected chi connectivity index (χ0v) is 12.3. The zero-order valence-electron chi connectivity index (χ0n) is 8.59. The minimum absolute atomic E-state index is 0.181. The van der Waals surface area contributed by atoms with E-state index in [0.29, 0.717) is 12.2 Å². The third kappa shape index (κ3) is 3.46. The van der Waals surface area contributed by atoms with Gasteiger partial charge in [0.25, 0.3) is 0 Å². The van der Waals surface area contributed by atoms with Gasteiger partial charge in [-0.1, -0.05) is 15.9 Å². The number of nitrogens with zero attached hydrogens (tertiary/aromatic N) is 1. The number of carbonyl (C=O) groups excluding carboxylic acids is 1. The molecule has 0 aliphatic rings. The lowest BCUT2D eigenvalue weighted by Crippen LogP contribution is -2.08. The van der Waals surface area contributed by atoms with E-state index in [4.69, 9.17) is 10.00 Å². The van der Waals surface area contributed by atoms with Gasteiger partial charge < -0.3 is 4.74 Å². The van der Waals surface area contributed by atoms with Gasteiger partial charge in [-0.3, -0.25) is 4.79 Å². The molecule has 0 bridgehead atoms. The molecule has 3 nitrogen and oxygen atoms in total. The quantitative estimate of drug-likeness (QED) is 0.585. The van der Waals surface area contributed by atoms with Gasteiger partial charge in [0.05, 0.1) is 18.6 Å². The van der Waals surface area contributed by atoms with Crippen molar-refractivity contribution in [2.45, 2.75) is 13.3 Å². The first kappa shape index (κ1) is 13.5. The molecule has 84 valence electrons. The van der Waals surface area contributed by atoms with E-state index in [1.165, 1.54) is 0 Å². The maximum Gasteiger partial charge on any atom is 0.310 e. The Morgan fingerprint density at radius 3 is 2.88 bits per heavy atom. The van der Waals surface area contributed by atoms with E-state index >= 15 is 0 Å². The van der Waals surface area contributed by atoms with Crippen molar-refractivity contribution in [1.29, 1.82) is 5.26 Å². The van der Waals surface area contributed by atoms with Crippen LogP contribution in [0.3, 0.4) is 0 Å². The maximum atomic E-state index is 11.3. The van der Waals surface area contributed by atoms with Gasteiger partial charge >= 0.3 is 5.97 Å². The summed E-state index contributed by atoms with van der Waals surface area (Å²) in [5.41, 5.74) is 1.35. The molecule has 0 unspecified atom stereocenters. The van der Waals surface area contributed by atoms with Crippen molar-refractivity contribution >= 4 is 44.5 Å². The molecule has 5 heteroatoms. The number of hydrogen-bond donors (Lipinski definition) is 0. The predicted octanol–water partition coefficient (Wildman–Crippen LogP) is 3.03. The van der Waals surface area contributed by atoms with Crippen LogP contribution < -0.4 is 0 Å². The highest BCUT2D eigenvalue weighted by molar-refractivity contribution is 14.1. The van der Waals surface area contributed by atoms with Crippen LogP contribution in [-0.2, 0) is 16.0 Å². The lowest BCUT2D eigenvalue weighted by molar-refractivity contribution is -0.142. The molecule has 0 heterocycles. The van der Waals surface area contributed by atoms with Gasteiger partial charge in [0, 0.05) is 8.04 Å². The smallest absolute Gasteiger partial charge is 0.310 e. The molecular formula is C11H9BrINO2. The molecule has 0 saturated heterocycles. The predicted molar refractivity (Wildman–Crippen MR) is 71.9 cm³/mol. The summed E-state index contributed by atoms with van der Waals surface area (Å²) in [5.74, 6) is -0.284. The van der Waals surface area contributed by atoms with Gasteiger partial charge in [-0.25, -0.2) is 0 Å². The van der Waals surface area contributed by atoms with E-state index in [9.17, 15) is 4.79 Å². The van der Waals surface area contributed by atoms with E-state index in [1.54, 1.807) is 13.0 Å². The fourth-order valence-corrected chi connectivity index (χ4v) is 2.68. The van der Waals surface area contributed by atoms with Crippen LogP contribution in [-0.4, -0.2) is 12.6 Å². The highest BCUT2D eigenvalue weighted by Gasteiger charge is 2.10. The fraction of sp³-hybridized carbons (Fsp3) is 0.273. The molecule has 0 fully saturated rings. The summed E-state index contributed by atoms with van der Waals surface area (Å²) in [6.45, 7) is 2.13. The molecule has 0 atom stereocenters. The molecule has 1 aromatic carbocycles. The number of benzene rings is 1. The first-order valence-electron chi connectivity index (χ1n) is 4.62. The Morgan fingerprint density at radius 2 is 2.31 bits per heavy atom. The average Bonchev–Trinajstić information content (AvgIpc) is 2.22. The Hall–Kier alpha value is -0.610. The number of esters is 1. The number of rotatable bonds is 3. The molecule has 1 rings (SSSR count). The minimum Gasteiger partial charge on any atom is -0.466 e. The van der Waals surface area contributed by atoms with E-state index in [2.05, 4.69) is 44.6 Å². The molecule has 0 spiro atoms. The SMILES string of the molecule is CCOC(=O)Cc1cc(C#N)c(I)cc1Br. The van der Waals surface area contributed by atoms with Gasteiger partial charge in [0.1, 0.15) is 6.07 Å². The second kappa shape index (κ2) is 6.21. The first-order valence-corrected chi connectivity index (χ1v) is 6.49. The van der Waals surface area contributed by atoms with Crippen molar-refractivity contribution in [3.63, 3.8) is 0 Å². The van der Waals surface area contributed by atoms with E-state index in [-0.39, 0.29) is 12.4 Å². The summed E-state index contributed by atoms with van der Waals surface area (Å²) in [4.78, 5) is 11.3. The molecule has 0 saturated carbocycles. The number of nitriles is 1. The molecular weight excluding hydrogens is 385 g/mol. The highest BCUT2D eigenvalue weighted by atomic mass is 127. The van der Waals surface area contributed by atoms with Crippen molar-refractivity contribution in [2.75, 3.05) is 6.61 Å². The molecule has 0 N–H and O–H groups in total. The minimum atomic E-state index is -0.284. The second-order valence-electron chi connectivity index (χ2n) is 3.02. The van der Waals surface area contributed by atoms with Crippen molar-refractivity contribution in [2.24, 2.45) is 0 Å². The first-order chi connectivity index (χ1) is 7.58. The number of halogens is 2. The molecule has 0 aliphatic carbocycles. The van der Waals surface area contributed by atoms with Crippen LogP contribution in [0.25, 0.3) is 0 Å². The van der Waals surface area contributed by atoms with Crippen molar-refractivity contribution in [3.05, 3.63) is 31.3 Å². The largest absolute Gasteiger partial charge is 0.466 e. The summed E-state index contributed by atoms with van der Waals surface area (Å²) >= 11 is 5.45. The van der Waals surface area contributed by atoms with Crippen molar-refractivity contribution < 1.29 is 9.53 Å². The number of ether oxygens (including phenoxy) is 1. The van der Waals surface area contributed by atoms with Gasteiger partial charge in [-0.2, -0.15) is 5.26 Å². The monoisotopic (exact) mass is 393 g/mol. The van der Waals surface area contributed by atoms with Crippen LogP contribution >= 0.6 is 38.5 Å². The fourth-order valence-electron chi connectivity index (χ4n) is 1.18. The summed E-state index contributed by atoms with van der Waals surface area (Å²) < 4.78 is 6.54. The van der Waals surface area contributed by atoms with Gasteiger partial charge in [0.2, 0.25) is 0 Å². The van der Waals surface area contributed by atoms with Gasteiger partial charge in [0.15, 0.2) is 0 Å². The van der Waals surface area contributed by atoms with E-state index < -0.39 is 0 Å². The highest BCUT2D eigenvalue weighted by Crippen LogP contribution is 2.23. The second-order valence-corrected chi connectivity index (χ2v) is 5.03. The Morgan fingerprint density at radius 1 is 1.62 bits per heavy atom.